The zero-order valence-electron chi connectivity index (χ0n) is 12.6. The van der Waals surface area contributed by atoms with Crippen molar-refractivity contribution in [2.24, 2.45) is 5.14 Å². The Labute approximate surface area is 134 Å². The highest BCUT2D eigenvalue weighted by Gasteiger charge is 2.45. The highest BCUT2D eigenvalue weighted by molar-refractivity contribution is 7.89. The van der Waals surface area contributed by atoms with Crippen LogP contribution >= 0.6 is 0 Å². The van der Waals surface area contributed by atoms with Crippen LogP contribution in [0.25, 0.3) is 0 Å². The van der Waals surface area contributed by atoms with E-state index in [1.807, 2.05) is 0 Å². The van der Waals surface area contributed by atoms with Crippen LogP contribution in [0.4, 0.5) is 0 Å². The molecule has 122 valence electrons. The van der Waals surface area contributed by atoms with Gasteiger partial charge in [-0.05, 0) is 31.4 Å². The topological polar surface area (TPSA) is 112 Å². The first kappa shape index (κ1) is 14.8. The molecule has 0 aromatic carbocycles. The van der Waals surface area contributed by atoms with E-state index in [0.717, 1.165) is 30.8 Å². The summed E-state index contributed by atoms with van der Waals surface area (Å²) in [6.07, 6.45) is 6.96. The van der Waals surface area contributed by atoms with Crippen LogP contribution in [0.1, 0.15) is 67.3 Å². The average Bonchev–Trinajstić information content (AvgIpc) is 2.94. The summed E-state index contributed by atoms with van der Waals surface area (Å²) >= 11 is 0. The molecule has 2 aliphatic carbocycles. The maximum absolute atomic E-state index is 11.2. The van der Waals surface area contributed by atoms with Crippen molar-refractivity contribution >= 4 is 10.0 Å². The summed E-state index contributed by atoms with van der Waals surface area (Å²) in [5.41, 5.74) is 0.836. The van der Waals surface area contributed by atoms with E-state index in [9.17, 15) is 8.42 Å². The molecule has 23 heavy (non-hydrogen) atoms. The molecule has 0 saturated heterocycles. The SMILES string of the molecule is NS(=O)(=O)c1ccc([C@@H]2C[C@H]2c2nc(C3CCCC3)no2)nc1. The zero-order valence-corrected chi connectivity index (χ0v) is 13.4. The summed E-state index contributed by atoms with van der Waals surface area (Å²) in [4.78, 5) is 8.81. The van der Waals surface area contributed by atoms with E-state index in [1.165, 1.54) is 25.1 Å². The van der Waals surface area contributed by atoms with Crippen LogP contribution in [0.5, 0.6) is 0 Å². The zero-order chi connectivity index (χ0) is 16.0. The quantitative estimate of drug-likeness (QED) is 0.915. The lowest BCUT2D eigenvalue weighted by Gasteiger charge is -2.00. The molecule has 2 aromatic heterocycles. The summed E-state index contributed by atoms with van der Waals surface area (Å²) in [6.45, 7) is 0. The number of nitrogens with two attached hydrogens (primary N) is 1. The molecule has 2 aliphatic rings. The third-order valence-electron chi connectivity index (χ3n) is 4.75. The molecule has 7 nitrogen and oxygen atoms in total. The van der Waals surface area contributed by atoms with Crippen LogP contribution in [-0.2, 0) is 10.0 Å². The molecule has 2 heterocycles. The lowest BCUT2D eigenvalue weighted by atomic mass is 10.1. The first-order valence-corrected chi connectivity index (χ1v) is 9.39. The van der Waals surface area contributed by atoms with Gasteiger partial charge in [-0.2, -0.15) is 4.98 Å². The third kappa shape index (κ3) is 2.88. The Kier molecular flexibility index (Phi) is 3.46. The lowest BCUT2D eigenvalue weighted by molar-refractivity contribution is 0.369. The van der Waals surface area contributed by atoms with Crippen molar-refractivity contribution in [3.63, 3.8) is 0 Å². The van der Waals surface area contributed by atoms with Gasteiger partial charge >= 0.3 is 0 Å². The maximum atomic E-state index is 11.2. The van der Waals surface area contributed by atoms with E-state index in [1.54, 1.807) is 6.07 Å². The molecule has 0 aliphatic heterocycles. The summed E-state index contributed by atoms with van der Waals surface area (Å²) in [5, 5.41) is 9.21. The summed E-state index contributed by atoms with van der Waals surface area (Å²) in [7, 11) is -3.70. The minimum Gasteiger partial charge on any atom is -0.339 e. The van der Waals surface area contributed by atoms with Crippen LogP contribution in [0.3, 0.4) is 0 Å². The van der Waals surface area contributed by atoms with E-state index in [-0.39, 0.29) is 16.7 Å². The number of primary sulfonamides is 1. The molecular weight excluding hydrogens is 316 g/mol. The van der Waals surface area contributed by atoms with Crippen LogP contribution in [-0.4, -0.2) is 23.5 Å². The van der Waals surface area contributed by atoms with Crippen molar-refractivity contribution in [2.75, 3.05) is 0 Å². The predicted octanol–water partition coefficient (Wildman–Crippen LogP) is 2.04. The second-order valence-electron chi connectivity index (χ2n) is 6.38. The fourth-order valence-electron chi connectivity index (χ4n) is 3.32. The first-order valence-electron chi connectivity index (χ1n) is 7.84. The monoisotopic (exact) mass is 334 g/mol. The van der Waals surface area contributed by atoms with Crippen LogP contribution in [0.2, 0.25) is 0 Å². The van der Waals surface area contributed by atoms with Gasteiger partial charge < -0.3 is 4.52 Å². The van der Waals surface area contributed by atoms with E-state index in [0.29, 0.717) is 11.8 Å². The minimum absolute atomic E-state index is 0.0276. The molecule has 2 N–H and O–H groups in total. The highest BCUT2D eigenvalue weighted by Crippen LogP contribution is 2.53. The van der Waals surface area contributed by atoms with E-state index in [4.69, 9.17) is 9.66 Å². The normalized spacial score (nSPS) is 24.9. The number of hydrogen-bond acceptors (Lipinski definition) is 6. The van der Waals surface area contributed by atoms with Crippen molar-refractivity contribution in [2.45, 2.75) is 54.8 Å². The molecular formula is C15H18N4O3S. The predicted molar refractivity (Wildman–Crippen MR) is 81.2 cm³/mol. The number of hydrogen-bond donors (Lipinski definition) is 1. The lowest BCUT2D eigenvalue weighted by Crippen LogP contribution is -2.12. The molecule has 0 bridgehead atoms. The summed E-state index contributed by atoms with van der Waals surface area (Å²) in [5.74, 6) is 2.35. The fourth-order valence-corrected chi connectivity index (χ4v) is 3.78. The Balaban J connectivity index is 1.47. The van der Waals surface area contributed by atoms with E-state index in [2.05, 4.69) is 15.1 Å². The number of rotatable bonds is 4. The molecule has 4 rings (SSSR count). The Hall–Kier alpha value is -1.80. The standard InChI is InChI=1S/C15H18N4O3S/c16-23(20,21)10-5-6-13(17-8-10)11-7-12(11)15-18-14(19-22-15)9-3-1-2-4-9/h5-6,8-9,11-12H,1-4,7H2,(H2,16,20,21)/t11-,12-/m1/s1. The molecule has 0 spiro atoms. The van der Waals surface area contributed by atoms with Crippen LogP contribution < -0.4 is 5.14 Å². The maximum Gasteiger partial charge on any atom is 0.239 e. The Bertz CT molecular complexity index is 810. The summed E-state index contributed by atoms with van der Waals surface area (Å²) in [6, 6.07) is 3.20. The Morgan fingerprint density at radius 2 is 1.96 bits per heavy atom. The second kappa shape index (κ2) is 5.38. The van der Waals surface area contributed by atoms with E-state index < -0.39 is 10.0 Å². The van der Waals surface area contributed by atoms with Crippen molar-refractivity contribution < 1.29 is 12.9 Å². The number of nitrogens with zero attached hydrogens (tertiary/aromatic N) is 3. The van der Waals surface area contributed by atoms with Gasteiger partial charge in [-0.25, -0.2) is 13.6 Å². The Morgan fingerprint density at radius 1 is 1.17 bits per heavy atom. The average molecular weight is 334 g/mol. The third-order valence-corrected chi connectivity index (χ3v) is 5.65. The first-order chi connectivity index (χ1) is 11.0. The number of sulfonamides is 1. The molecule has 8 heteroatoms. The second-order valence-corrected chi connectivity index (χ2v) is 7.95. The van der Waals surface area contributed by atoms with Gasteiger partial charge in [0.2, 0.25) is 15.9 Å². The van der Waals surface area contributed by atoms with Crippen molar-refractivity contribution in [3.05, 3.63) is 35.7 Å². The molecule has 0 unspecified atom stereocenters. The molecule has 0 amide bonds. The van der Waals surface area contributed by atoms with E-state index >= 15 is 0 Å². The van der Waals surface area contributed by atoms with Crippen molar-refractivity contribution in [1.29, 1.82) is 0 Å². The van der Waals surface area contributed by atoms with Gasteiger partial charge in [0.15, 0.2) is 5.82 Å². The van der Waals surface area contributed by atoms with Gasteiger partial charge in [0.25, 0.3) is 0 Å². The van der Waals surface area contributed by atoms with Gasteiger partial charge in [-0.15, -0.1) is 0 Å². The molecule has 0 radical (unpaired) electrons. The fraction of sp³-hybridized carbons (Fsp3) is 0.533. The van der Waals surface area contributed by atoms with Gasteiger partial charge in [0.05, 0.1) is 0 Å². The van der Waals surface area contributed by atoms with Crippen molar-refractivity contribution in [1.82, 2.24) is 15.1 Å². The summed E-state index contributed by atoms with van der Waals surface area (Å²) < 4.78 is 27.9. The van der Waals surface area contributed by atoms with Gasteiger partial charge in [0.1, 0.15) is 4.90 Å². The molecule has 2 aromatic rings. The Morgan fingerprint density at radius 3 is 2.61 bits per heavy atom. The van der Waals surface area contributed by atoms with Gasteiger partial charge in [-0.3, -0.25) is 4.98 Å². The molecule has 2 atom stereocenters. The van der Waals surface area contributed by atoms with Crippen LogP contribution in [0, 0.1) is 0 Å². The van der Waals surface area contributed by atoms with Crippen LogP contribution in [0.15, 0.2) is 27.7 Å². The number of aromatic nitrogens is 3. The minimum atomic E-state index is -3.70. The largest absolute Gasteiger partial charge is 0.339 e. The van der Waals surface area contributed by atoms with Crippen molar-refractivity contribution in [3.8, 4) is 0 Å². The van der Waals surface area contributed by atoms with Gasteiger partial charge in [-0.1, -0.05) is 18.0 Å². The smallest absolute Gasteiger partial charge is 0.239 e. The molecule has 2 saturated carbocycles. The molecule has 2 fully saturated rings. The number of pyridine rings is 1. The van der Waals surface area contributed by atoms with Gasteiger partial charge in [0, 0.05) is 29.6 Å². The highest BCUT2D eigenvalue weighted by atomic mass is 32.2.